The Morgan fingerprint density at radius 1 is 1.04 bits per heavy atom. The zero-order chi connectivity index (χ0) is 20.7. The molecule has 1 aliphatic rings. The minimum absolute atomic E-state index is 0.163. The Balaban J connectivity index is 3.06. The Morgan fingerprint density at radius 3 is 1.96 bits per heavy atom. The molecule has 0 N–H and O–H groups in total. The van der Waals surface area contributed by atoms with Gasteiger partial charge in [-0.15, -0.1) is 0 Å². The van der Waals surface area contributed by atoms with E-state index in [1.807, 2.05) is 13.8 Å². The van der Waals surface area contributed by atoms with Gasteiger partial charge in [-0.05, 0) is 30.3 Å². The molecule has 0 bridgehead atoms. The molecule has 1 aliphatic heterocycles. The van der Waals surface area contributed by atoms with Crippen LogP contribution in [-0.4, -0.2) is 45.5 Å². The molecule has 0 radical (unpaired) electrons. The molecular weight excluding hydrogens is 364 g/mol. The van der Waals surface area contributed by atoms with E-state index in [0.29, 0.717) is 26.1 Å². The molecule has 1 heterocycles. The van der Waals surface area contributed by atoms with Crippen molar-refractivity contribution >= 4 is 14.3 Å². The third-order valence-corrected chi connectivity index (χ3v) is 11.1. The van der Waals surface area contributed by atoms with E-state index in [1.54, 1.807) is 0 Å². The topological polar surface area (TPSA) is 63.2 Å². The Hall–Kier alpha value is -0.473. The van der Waals surface area contributed by atoms with Crippen molar-refractivity contribution in [1.29, 1.82) is 0 Å². The predicted molar refractivity (Wildman–Crippen MR) is 108 cm³/mol. The number of hydrogen-bond acceptors (Lipinski definition) is 6. The molecule has 0 aromatic heterocycles. The molecule has 160 valence electrons. The molecule has 2 unspecified atom stereocenters. The van der Waals surface area contributed by atoms with Gasteiger partial charge in [-0.25, -0.2) is 0 Å². The van der Waals surface area contributed by atoms with Gasteiger partial charge in [-0.3, -0.25) is 9.53 Å². The van der Waals surface area contributed by atoms with Crippen molar-refractivity contribution in [3.63, 3.8) is 0 Å². The Kier molecular flexibility index (Phi) is 9.92. The Labute approximate surface area is 166 Å². The molecule has 1 saturated heterocycles. The zero-order valence-electron chi connectivity index (χ0n) is 18.5. The van der Waals surface area contributed by atoms with E-state index in [2.05, 4.69) is 34.6 Å². The van der Waals surface area contributed by atoms with Crippen LogP contribution in [0, 0.1) is 0 Å². The first-order chi connectivity index (χ1) is 12.7. The average Bonchev–Trinajstić information content (AvgIpc) is 2.63. The fourth-order valence-electron chi connectivity index (χ4n) is 3.98. The van der Waals surface area contributed by atoms with Gasteiger partial charge in [0, 0.05) is 13.3 Å². The van der Waals surface area contributed by atoms with Gasteiger partial charge in [0.25, 0.3) is 20.3 Å². The lowest BCUT2D eigenvalue weighted by Gasteiger charge is -2.45. The summed E-state index contributed by atoms with van der Waals surface area (Å²) in [6.45, 7) is 17.3. The normalized spacial score (nSPS) is 19.9. The molecule has 27 heavy (non-hydrogen) atoms. The summed E-state index contributed by atoms with van der Waals surface area (Å²) in [4.78, 5) is 11.9. The Morgan fingerprint density at radius 2 is 1.59 bits per heavy atom. The van der Waals surface area contributed by atoms with Crippen LogP contribution in [0.15, 0.2) is 0 Å². The number of carbonyl (C=O) groups excluding carboxylic acids is 1. The van der Waals surface area contributed by atoms with Gasteiger partial charge in [0.15, 0.2) is 6.29 Å². The van der Waals surface area contributed by atoms with E-state index in [1.165, 1.54) is 6.92 Å². The average molecular weight is 405 g/mol. The van der Waals surface area contributed by atoms with Crippen LogP contribution in [0.3, 0.4) is 0 Å². The lowest BCUT2D eigenvalue weighted by molar-refractivity contribution is -0.436. The van der Waals surface area contributed by atoms with Crippen molar-refractivity contribution in [3.05, 3.63) is 0 Å². The second-order valence-electron chi connectivity index (χ2n) is 7.83. The third kappa shape index (κ3) is 6.00. The smallest absolute Gasteiger partial charge is 0.289 e. The molecule has 7 heteroatoms. The summed E-state index contributed by atoms with van der Waals surface area (Å²) in [5.74, 6) is -1.28. The highest BCUT2D eigenvalue weighted by atomic mass is 28.4. The largest absolute Gasteiger partial charge is 0.516 e. The van der Waals surface area contributed by atoms with Gasteiger partial charge in [-0.1, -0.05) is 48.5 Å². The third-order valence-electron chi connectivity index (χ3n) is 5.33. The molecule has 6 nitrogen and oxygen atoms in total. The maximum absolute atomic E-state index is 11.9. The highest BCUT2D eigenvalue weighted by molar-refractivity contribution is 6.78. The number of rotatable bonds is 11. The molecule has 0 aliphatic carbocycles. The molecular formula is C20H40O6Si. The SMILES string of the molecule is CCC(OC(CC)[Si](OC(C)=O)(C(C)C)C(C)C)OC1(CC)OCCCO1. The van der Waals surface area contributed by atoms with Crippen LogP contribution in [-0.2, 0) is 28.2 Å². The molecule has 0 aromatic carbocycles. The number of ether oxygens (including phenoxy) is 4. The molecule has 0 aromatic rings. The molecule has 0 saturated carbocycles. The van der Waals surface area contributed by atoms with Gasteiger partial charge in [0.1, 0.15) is 0 Å². The van der Waals surface area contributed by atoms with Gasteiger partial charge in [0.2, 0.25) is 0 Å². The first-order valence-electron chi connectivity index (χ1n) is 10.5. The molecule has 0 amide bonds. The lowest BCUT2D eigenvalue weighted by Crippen LogP contribution is -2.59. The van der Waals surface area contributed by atoms with Gasteiger partial charge in [0.05, 0.1) is 18.9 Å². The number of hydrogen-bond donors (Lipinski definition) is 0. The second kappa shape index (κ2) is 10.9. The summed E-state index contributed by atoms with van der Waals surface area (Å²) in [6.07, 6.45) is 2.39. The molecule has 2 atom stereocenters. The minimum atomic E-state index is -2.56. The van der Waals surface area contributed by atoms with E-state index >= 15 is 0 Å². The quantitative estimate of drug-likeness (QED) is 0.360. The van der Waals surface area contributed by atoms with Crippen LogP contribution in [0.4, 0.5) is 0 Å². The van der Waals surface area contributed by atoms with E-state index in [0.717, 1.165) is 12.8 Å². The minimum Gasteiger partial charge on any atom is -0.516 e. The van der Waals surface area contributed by atoms with E-state index in [4.69, 9.17) is 23.4 Å². The van der Waals surface area contributed by atoms with Crippen LogP contribution < -0.4 is 0 Å². The summed E-state index contributed by atoms with van der Waals surface area (Å²) >= 11 is 0. The monoisotopic (exact) mass is 404 g/mol. The van der Waals surface area contributed by atoms with Crippen LogP contribution in [0.2, 0.25) is 11.1 Å². The van der Waals surface area contributed by atoms with Crippen molar-refractivity contribution in [2.75, 3.05) is 13.2 Å². The fraction of sp³-hybridized carbons (Fsp3) is 0.950. The summed E-state index contributed by atoms with van der Waals surface area (Å²) in [7, 11) is -2.56. The van der Waals surface area contributed by atoms with Crippen LogP contribution in [0.25, 0.3) is 0 Å². The van der Waals surface area contributed by atoms with Gasteiger partial charge < -0.3 is 18.6 Å². The maximum atomic E-state index is 11.9. The highest BCUT2D eigenvalue weighted by Gasteiger charge is 2.53. The van der Waals surface area contributed by atoms with Crippen molar-refractivity contribution in [2.45, 2.75) is 110 Å². The number of carbonyl (C=O) groups is 1. The fourth-order valence-corrected chi connectivity index (χ4v) is 8.91. The second-order valence-corrected chi connectivity index (χ2v) is 12.7. The van der Waals surface area contributed by atoms with E-state index in [-0.39, 0.29) is 22.8 Å². The van der Waals surface area contributed by atoms with Crippen LogP contribution in [0.5, 0.6) is 0 Å². The molecule has 1 fully saturated rings. The van der Waals surface area contributed by atoms with Crippen molar-refractivity contribution < 1.29 is 28.2 Å². The van der Waals surface area contributed by atoms with Crippen molar-refractivity contribution in [1.82, 2.24) is 0 Å². The maximum Gasteiger partial charge on any atom is 0.289 e. The summed E-state index contributed by atoms with van der Waals surface area (Å²) in [6, 6.07) is 0. The summed E-state index contributed by atoms with van der Waals surface area (Å²) in [5.41, 5.74) is 0.293. The zero-order valence-corrected chi connectivity index (χ0v) is 19.5. The van der Waals surface area contributed by atoms with Gasteiger partial charge >= 0.3 is 0 Å². The van der Waals surface area contributed by atoms with Crippen molar-refractivity contribution in [3.8, 4) is 0 Å². The molecule has 1 rings (SSSR count). The van der Waals surface area contributed by atoms with E-state index in [9.17, 15) is 4.79 Å². The Bertz CT molecular complexity index is 440. The van der Waals surface area contributed by atoms with Gasteiger partial charge in [-0.2, -0.15) is 0 Å². The van der Waals surface area contributed by atoms with Crippen LogP contribution in [0.1, 0.15) is 81.1 Å². The van der Waals surface area contributed by atoms with E-state index < -0.39 is 20.6 Å². The lowest BCUT2D eigenvalue weighted by atomic mass is 10.3. The van der Waals surface area contributed by atoms with Crippen molar-refractivity contribution in [2.24, 2.45) is 0 Å². The standard InChI is InChI=1S/C20H40O6Si/c1-9-18(25-20(11-3)22-13-12-14-23-20)24-19(10-2)27(15(4)5,16(6)7)26-17(8)21/h15-16,18-19H,9-14H2,1-8H3. The first kappa shape index (κ1) is 24.6. The predicted octanol–water partition coefficient (Wildman–Crippen LogP) is 4.90. The molecule has 0 spiro atoms. The first-order valence-corrected chi connectivity index (χ1v) is 12.6. The highest BCUT2D eigenvalue weighted by Crippen LogP contribution is 2.40. The summed E-state index contributed by atoms with van der Waals surface area (Å²) in [5, 5.41) is 0. The van der Waals surface area contributed by atoms with Crippen LogP contribution >= 0.6 is 0 Å². The summed E-state index contributed by atoms with van der Waals surface area (Å²) < 4.78 is 30.3.